The first kappa shape index (κ1) is 22.7. The van der Waals surface area contributed by atoms with Gasteiger partial charge in [0.05, 0.1) is 4.92 Å². The van der Waals surface area contributed by atoms with Gasteiger partial charge in [-0.25, -0.2) is 0 Å². The molecule has 0 radical (unpaired) electrons. The summed E-state index contributed by atoms with van der Waals surface area (Å²) in [5.74, 6) is -0.140. The summed E-state index contributed by atoms with van der Waals surface area (Å²) in [6.45, 7) is 2.72. The van der Waals surface area contributed by atoms with Crippen LogP contribution in [0, 0.1) is 10.1 Å². The SMILES string of the molecule is CC(=O)N1CC(N(Cc2ccc([N+](=O)[O-])cc2)C2CC2)CC1C(=O)NC1CCC(N)CC1. The molecule has 9 heteroatoms. The lowest BCUT2D eigenvalue weighted by Crippen LogP contribution is -2.49. The van der Waals surface area contributed by atoms with Crippen molar-refractivity contribution in [3.8, 4) is 0 Å². The number of benzene rings is 1. The van der Waals surface area contributed by atoms with E-state index < -0.39 is 11.0 Å². The van der Waals surface area contributed by atoms with Crippen LogP contribution in [0.15, 0.2) is 24.3 Å². The van der Waals surface area contributed by atoms with Crippen LogP contribution in [0.2, 0.25) is 0 Å². The topological polar surface area (TPSA) is 122 Å². The van der Waals surface area contributed by atoms with Crippen LogP contribution in [0.1, 0.15) is 57.4 Å². The molecule has 3 fully saturated rings. The van der Waals surface area contributed by atoms with Crippen LogP contribution in [-0.2, 0) is 16.1 Å². The number of likely N-dealkylation sites (tertiary alicyclic amines) is 1. The lowest BCUT2D eigenvalue weighted by atomic mass is 9.91. The third-order valence-electron chi connectivity index (χ3n) is 7.10. The standard InChI is InChI=1S/C23H33N5O4/c1-15(29)26-14-21(12-22(26)23(30)25-18-6-4-17(24)5-7-18)27(19-10-11-19)13-16-2-8-20(9-3-16)28(31)32/h2-3,8-9,17-19,21-22H,4-7,10-14,24H2,1H3,(H,25,30). The molecular formula is C23H33N5O4. The molecule has 0 bridgehead atoms. The molecule has 2 amide bonds. The molecule has 2 atom stereocenters. The van der Waals surface area contributed by atoms with Crippen molar-refractivity contribution in [3.05, 3.63) is 39.9 Å². The Hall–Kier alpha value is -2.52. The van der Waals surface area contributed by atoms with E-state index in [1.165, 1.54) is 19.1 Å². The van der Waals surface area contributed by atoms with Crippen LogP contribution in [0.5, 0.6) is 0 Å². The predicted molar refractivity (Wildman–Crippen MR) is 120 cm³/mol. The smallest absolute Gasteiger partial charge is 0.269 e. The average molecular weight is 444 g/mol. The summed E-state index contributed by atoms with van der Waals surface area (Å²) in [7, 11) is 0. The molecule has 1 aliphatic heterocycles. The first-order chi connectivity index (χ1) is 15.3. The highest BCUT2D eigenvalue weighted by molar-refractivity contribution is 5.87. The number of carbonyl (C=O) groups excluding carboxylic acids is 2. The molecule has 1 aromatic carbocycles. The van der Waals surface area contributed by atoms with Gasteiger partial charge in [-0.1, -0.05) is 12.1 Å². The van der Waals surface area contributed by atoms with E-state index in [-0.39, 0.29) is 35.6 Å². The van der Waals surface area contributed by atoms with E-state index in [0.717, 1.165) is 44.1 Å². The maximum absolute atomic E-state index is 13.1. The summed E-state index contributed by atoms with van der Waals surface area (Å²) >= 11 is 0. The zero-order valence-electron chi connectivity index (χ0n) is 18.6. The average Bonchev–Trinajstić information content (AvgIpc) is 3.50. The Morgan fingerprint density at radius 3 is 2.34 bits per heavy atom. The van der Waals surface area contributed by atoms with Crippen LogP contribution in [0.4, 0.5) is 5.69 Å². The van der Waals surface area contributed by atoms with Crippen LogP contribution in [-0.4, -0.2) is 63.3 Å². The van der Waals surface area contributed by atoms with Gasteiger partial charge in [-0.3, -0.25) is 24.6 Å². The number of nitrogens with zero attached hydrogens (tertiary/aromatic N) is 3. The summed E-state index contributed by atoms with van der Waals surface area (Å²) in [5, 5.41) is 14.1. The molecule has 0 spiro atoms. The van der Waals surface area contributed by atoms with Gasteiger partial charge in [0.1, 0.15) is 6.04 Å². The molecule has 3 N–H and O–H groups in total. The van der Waals surface area contributed by atoms with E-state index in [1.807, 2.05) is 0 Å². The second kappa shape index (κ2) is 9.54. The molecule has 0 aromatic heterocycles. The van der Waals surface area contributed by atoms with E-state index in [0.29, 0.717) is 25.6 Å². The fourth-order valence-electron chi connectivity index (χ4n) is 5.11. The minimum Gasteiger partial charge on any atom is -0.352 e. The van der Waals surface area contributed by atoms with E-state index in [9.17, 15) is 19.7 Å². The predicted octanol–water partition coefficient (Wildman–Crippen LogP) is 1.93. The fourth-order valence-corrected chi connectivity index (χ4v) is 5.11. The van der Waals surface area contributed by atoms with Crippen LogP contribution >= 0.6 is 0 Å². The van der Waals surface area contributed by atoms with Gasteiger partial charge in [0.15, 0.2) is 0 Å². The van der Waals surface area contributed by atoms with Gasteiger partial charge < -0.3 is 16.0 Å². The van der Waals surface area contributed by atoms with Gasteiger partial charge in [-0.05, 0) is 50.5 Å². The Bertz CT molecular complexity index is 848. The van der Waals surface area contributed by atoms with Gasteiger partial charge in [0.25, 0.3) is 5.69 Å². The molecule has 2 unspecified atom stereocenters. The molecule has 1 aromatic rings. The number of nitrogens with one attached hydrogen (secondary N) is 1. The fraction of sp³-hybridized carbons (Fsp3) is 0.652. The lowest BCUT2D eigenvalue weighted by molar-refractivity contribution is -0.384. The third kappa shape index (κ3) is 5.27. The molecular weight excluding hydrogens is 410 g/mol. The Morgan fingerprint density at radius 1 is 1.12 bits per heavy atom. The lowest BCUT2D eigenvalue weighted by Gasteiger charge is -2.29. The van der Waals surface area contributed by atoms with Crippen molar-refractivity contribution in [2.24, 2.45) is 5.73 Å². The van der Waals surface area contributed by atoms with Crippen molar-refractivity contribution < 1.29 is 14.5 Å². The maximum Gasteiger partial charge on any atom is 0.269 e. The number of rotatable bonds is 7. The zero-order valence-corrected chi connectivity index (χ0v) is 18.6. The minimum atomic E-state index is -0.453. The maximum atomic E-state index is 13.1. The van der Waals surface area contributed by atoms with Crippen molar-refractivity contribution in [3.63, 3.8) is 0 Å². The Morgan fingerprint density at radius 2 is 1.78 bits per heavy atom. The highest BCUT2D eigenvalue weighted by Crippen LogP contribution is 2.35. The first-order valence-electron chi connectivity index (χ1n) is 11.6. The normalized spacial score (nSPS) is 28.0. The number of non-ortho nitro benzene ring substituents is 1. The molecule has 3 aliphatic rings. The van der Waals surface area contributed by atoms with Gasteiger partial charge in [0.2, 0.25) is 11.8 Å². The van der Waals surface area contributed by atoms with Crippen molar-refractivity contribution in [2.45, 2.75) is 88.6 Å². The number of amides is 2. The van der Waals surface area contributed by atoms with Crippen LogP contribution in [0.25, 0.3) is 0 Å². The van der Waals surface area contributed by atoms with E-state index >= 15 is 0 Å². The van der Waals surface area contributed by atoms with Crippen molar-refractivity contribution >= 4 is 17.5 Å². The Labute approximate surface area is 188 Å². The zero-order chi connectivity index (χ0) is 22.8. The van der Waals surface area contributed by atoms with Gasteiger partial charge in [-0.2, -0.15) is 0 Å². The van der Waals surface area contributed by atoms with Crippen molar-refractivity contribution in [2.75, 3.05) is 6.54 Å². The molecule has 2 saturated carbocycles. The Balaban J connectivity index is 1.43. The molecule has 1 heterocycles. The third-order valence-corrected chi connectivity index (χ3v) is 7.10. The number of carbonyl (C=O) groups is 2. The highest BCUT2D eigenvalue weighted by Gasteiger charge is 2.44. The molecule has 32 heavy (non-hydrogen) atoms. The number of hydrogen-bond donors (Lipinski definition) is 2. The number of nitro groups is 1. The summed E-state index contributed by atoms with van der Waals surface area (Å²) in [6, 6.07) is 7.09. The first-order valence-corrected chi connectivity index (χ1v) is 11.6. The van der Waals surface area contributed by atoms with Gasteiger partial charge in [0, 0.05) is 56.3 Å². The molecule has 9 nitrogen and oxygen atoms in total. The van der Waals surface area contributed by atoms with E-state index in [2.05, 4.69) is 10.2 Å². The largest absolute Gasteiger partial charge is 0.352 e. The molecule has 1 saturated heterocycles. The van der Waals surface area contributed by atoms with E-state index in [4.69, 9.17) is 5.73 Å². The van der Waals surface area contributed by atoms with Crippen LogP contribution < -0.4 is 11.1 Å². The molecule has 174 valence electrons. The molecule has 4 rings (SSSR count). The number of hydrogen-bond acceptors (Lipinski definition) is 6. The summed E-state index contributed by atoms with van der Waals surface area (Å²) < 4.78 is 0. The summed E-state index contributed by atoms with van der Waals surface area (Å²) in [4.78, 5) is 40.1. The minimum absolute atomic E-state index is 0.0609. The summed E-state index contributed by atoms with van der Waals surface area (Å²) in [6.07, 6.45) is 6.42. The van der Waals surface area contributed by atoms with E-state index in [1.54, 1.807) is 17.0 Å². The monoisotopic (exact) mass is 443 g/mol. The Kier molecular flexibility index (Phi) is 6.76. The second-order valence-corrected chi connectivity index (χ2v) is 9.52. The van der Waals surface area contributed by atoms with Gasteiger partial charge >= 0.3 is 0 Å². The van der Waals surface area contributed by atoms with Gasteiger partial charge in [-0.15, -0.1) is 0 Å². The number of nitro benzene ring substituents is 1. The second-order valence-electron chi connectivity index (χ2n) is 9.52. The number of nitrogens with two attached hydrogens (primary N) is 1. The molecule has 2 aliphatic carbocycles. The summed E-state index contributed by atoms with van der Waals surface area (Å²) in [5.41, 5.74) is 7.06. The highest BCUT2D eigenvalue weighted by atomic mass is 16.6. The van der Waals surface area contributed by atoms with Crippen molar-refractivity contribution in [1.82, 2.24) is 15.1 Å². The van der Waals surface area contributed by atoms with Crippen molar-refractivity contribution in [1.29, 1.82) is 0 Å². The van der Waals surface area contributed by atoms with Crippen LogP contribution in [0.3, 0.4) is 0 Å². The quantitative estimate of drug-likeness (QED) is 0.491.